The number of aromatic nitrogens is 2. The lowest BCUT2D eigenvalue weighted by atomic mass is 10.2. The SMILES string of the molecule is Cc1ncn(CC(=O)Nc2ccccc2N)c(=O)c1Br. The number of nitrogen functional groups attached to an aromatic ring is 1. The molecule has 1 aromatic heterocycles. The van der Waals surface area contributed by atoms with Crippen LogP contribution in [0, 0.1) is 6.92 Å². The molecule has 0 aliphatic heterocycles. The summed E-state index contributed by atoms with van der Waals surface area (Å²) in [6.45, 7) is 1.58. The zero-order valence-electron chi connectivity index (χ0n) is 10.8. The highest BCUT2D eigenvalue weighted by Crippen LogP contribution is 2.16. The lowest BCUT2D eigenvalue weighted by Crippen LogP contribution is -2.28. The van der Waals surface area contributed by atoms with Crippen LogP contribution in [0.25, 0.3) is 0 Å². The first-order valence-electron chi connectivity index (χ1n) is 5.85. The van der Waals surface area contributed by atoms with Crippen LogP contribution in [0.15, 0.2) is 39.9 Å². The predicted molar refractivity (Wildman–Crippen MR) is 80.4 cm³/mol. The number of nitrogens with zero attached hydrogens (tertiary/aromatic N) is 2. The van der Waals surface area contributed by atoms with E-state index < -0.39 is 0 Å². The average molecular weight is 337 g/mol. The van der Waals surface area contributed by atoms with E-state index in [0.717, 1.165) is 0 Å². The van der Waals surface area contributed by atoms with Gasteiger partial charge in [-0.1, -0.05) is 12.1 Å². The van der Waals surface area contributed by atoms with Gasteiger partial charge in [0, 0.05) is 0 Å². The Hall–Kier alpha value is -2.15. The molecule has 0 spiro atoms. The highest BCUT2D eigenvalue weighted by Gasteiger charge is 2.10. The predicted octanol–water partition coefficient (Wildman–Crippen LogP) is 1.54. The van der Waals surface area contributed by atoms with Gasteiger partial charge >= 0.3 is 0 Å². The number of aryl methyl sites for hydroxylation is 1. The molecule has 104 valence electrons. The fourth-order valence-corrected chi connectivity index (χ4v) is 1.94. The molecule has 0 saturated carbocycles. The fraction of sp³-hybridized carbons (Fsp3) is 0.154. The largest absolute Gasteiger partial charge is 0.397 e. The van der Waals surface area contributed by atoms with E-state index in [2.05, 4.69) is 26.2 Å². The number of hydrogen-bond acceptors (Lipinski definition) is 4. The van der Waals surface area contributed by atoms with Gasteiger partial charge in [-0.05, 0) is 35.0 Å². The molecule has 2 rings (SSSR count). The second-order valence-electron chi connectivity index (χ2n) is 4.21. The van der Waals surface area contributed by atoms with E-state index in [9.17, 15) is 9.59 Å². The van der Waals surface area contributed by atoms with Crippen molar-refractivity contribution < 1.29 is 4.79 Å². The Balaban J connectivity index is 2.15. The van der Waals surface area contributed by atoms with E-state index in [1.165, 1.54) is 10.9 Å². The van der Waals surface area contributed by atoms with Gasteiger partial charge < -0.3 is 11.1 Å². The molecule has 1 amide bonds. The fourth-order valence-electron chi connectivity index (χ4n) is 1.61. The first-order valence-corrected chi connectivity index (χ1v) is 6.64. The van der Waals surface area contributed by atoms with Crippen LogP contribution in [-0.2, 0) is 11.3 Å². The Bertz CT molecular complexity index is 712. The summed E-state index contributed by atoms with van der Waals surface area (Å²) < 4.78 is 1.58. The van der Waals surface area contributed by atoms with E-state index >= 15 is 0 Å². The first kappa shape index (κ1) is 14.3. The second kappa shape index (κ2) is 5.87. The highest BCUT2D eigenvalue weighted by atomic mass is 79.9. The topological polar surface area (TPSA) is 90.0 Å². The molecule has 1 aromatic carbocycles. The Morgan fingerprint density at radius 3 is 2.85 bits per heavy atom. The van der Waals surface area contributed by atoms with Crippen molar-refractivity contribution in [3.63, 3.8) is 0 Å². The first-order chi connectivity index (χ1) is 9.49. The van der Waals surface area contributed by atoms with E-state index in [1.54, 1.807) is 31.2 Å². The second-order valence-corrected chi connectivity index (χ2v) is 5.01. The molecule has 1 heterocycles. The van der Waals surface area contributed by atoms with Crippen LogP contribution in [0.1, 0.15) is 5.69 Å². The number of amides is 1. The Labute approximate surface area is 123 Å². The van der Waals surface area contributed by atoms with Gasteiger partial charge in [-0.2, -0.15) is 0 Å². The summed E-state index contributed by atoms with van der Waals surface area (Å²) in [5.41, 5.74) is 7.00. The molecule has 0 aliphatic rings. The molecular formula is C13H13BrN4O2. The average Bonchev–Trinajstić information content (AvgIpc) is 2.42. The number of anilines is 2. The third-order valence-electron chi connectivity index (χ3n) is 2.71. The molecule has 0 saturated heterocycles. The van der Waals surface area contributed by atoms with Crippen LogP contribution in [0.3, 0.4) is 0 Å². The maximum Gasteiger partial charge on any atom is 0.268 e. The normalized spacial score (nSPS) is 10.3. The third kappa shape index (κ3) is 3.05. The van der Waals surface area contributed by atoms with Crippen molar-refractivity contribution in [1.29, 1.82) is 0 Å². The number of nitrogens with two attached hydrogens (primary N) is 1. The van der Waals surface area contributed by atoms with E-state index in [4.69, 9.17) is 5.73 Å². The maximum absolute atomic E-state index is 11.9. The van der Waals surface area contributed by atoms with Gasteiger partial charge in [0.05, 0.1) is 23.4 Å². The highest BCUT2D eigenvalue weighted by molar-refractivity contribution is 9.10. The van der Waals surface area contributed by atoms with Crippen LogP contribution < -0.4 is 16.6 Å². The monoisotopic (exact) mass is 336 g/mol. The Morgan fingerprint density at radius 2 is 2.15 bits per heavy atom. The van der Waals surface area contributed by atoms with Crippen LogP contribution in [0.2, 0.25) is 0 Å². The minimum absolute atomic E-state index is 0.126. The molecule has 0 bridgehead atoms. The summed E-state index contributed by atoms with van der Waals surface area (Å²) in [7, 11) is 0. The van der Waals surface area contributed by atoms with E-state index in [0.29, 0.717) is 21.5 Å². The summed E-state index contributed by atoms with van der Waals surface area (Å²) in [6.07, 6.45) is 1.34. The van der Waals surface area contributed by atoms with Gasteiger partial charge in [0.25, 0.3) is 5.56 Å². The standard InChI is InChI=1S/C13H13BrN4O2/c1-8-12(14)13(20)18(7-16-8)6-11(19)17-10-5-3-2-4-9(10)15/h2-5,7H,6,15H2,1H3,(H,17,19). The molecule has 6 nitrogen and oxygen atoms in total. The number of nitrogens with one attached hydrogen (secondary N) is 1. The van der Waals surface area contributed by atoms with Gasteiger partial charge in [-0.3, -0.25) is 14.2 Å². The minimum atomic E-state index is -0.345. The lowest BCUT2D eigenvalue weighted by Gasteiger charge is -2.09. The molecule has 2 aromatic rings. The number of carbonyl (C=O) groups is 1. The molecule has 20 heavy (non-hydrogen) atoms. The summed E-state index contributed by atoms with van der Waals surface area (Å²) >= 11 is 3.15. The Morgan fingerprint density at radius 1 is 1.45 bits per heavy atom. The molecule has 0 radical (unpaired) electrons. The summed E-state index contributed by atoms with van der Waals surface area (Å²) in [5, 5.41) is 2.65. The number of halogens is 1. The van der Waals surface area contributed by atoms with Crippen LogP contribution in [0.5, 0.6) is 0 Å². The van der Waals surface area contributed by atoms with Crippen molar-refractivity contribution in [2.24, 2.45) is 0 Å². The van der Waals surface area contributed by atoms with Gasteiger partial charge in [0.2, 0.25) is 5.91 Å². The number of rotatable bonds is 3. The number of benzene rings is 1. The van der Waals surface area contributed by atoms with Gasteiger partial charge in [0.1, 0.15) is 11.0 Å². The molecule has 3 N–H and O–H groups in total. The molecule has 0 atom stereocenters. The molecule has 0 unspecified atom stereocenters. The molecule has 0 aliphatic carbocycles. The van der Waals surface area contributed by atoms with Crippen LogP contribution in [0.4, 0.5) is 11.4 Å². The molecule has 0 fully saturated rings. The van der Waals surface area contributed by atoms with Gasteiger partial charge in [0.15, 0.2) is 0 Å². The van der Waals surface area contributed by atoms with E-state index in [-0.39, 0.29) is 18.0 Å². The van der Waals surface area contributed by atoms with Crippen molar-refractivity contribution >= 4 is 33.2 Å². The Kier molecular flexibility index (Phi) is 4.19. The third-order valence-corrected chi connectivity index (χ3v) is 3.62. The number of hydrogen-bond donors (Lipinski definition) is 2. The molecule has 7 heteroatoms. The van der Waals surface area contributed by atoms with Crippen LogP contribution in [-0.4, -0.2) is 15.5 Å². The number of carbonyl (C=O) groups excluding carboxylic acids is 1. The van der Waals surface area contributed by atoms with Crippen molar-refractivity contribution in [3.05, 3.63) is 51.1 Å². The van der Waals surface area contributed by atoms with Crippen molar-refractivity contribution in [2.45, 2.75) is 13.5 Å². The minimum Gasteiger partial charge on any atom is -0.397 e. The smallest absolute Gasteiger partial charge is 0.268 e. The summed E-state index contributed by atoms with van der Waals surface area (Å²) in [4.78, 5) is 27.9. The summed E-state index contributed by atoms with van der Waals surface area (Å²) in [5.74, 6) is -0.345. The quantitative estimate of drug-likeness (QED) is 0.832. The number of para-hydroxylation sites is 2. The zero-order chi connectivity index (χ0) is 14.7. The van der Waals surface area contributed by atoms with Crippen molar-refractivity contribution in [1.82, 2.24) is 9.55 Å². The van der Waals surface area contributed by atoms with Gasteiger partial charge in [-0.25, -0.2) is 4.98 Å². The van der Waals surface area contributed by atoms with Crippen molar-refractivity contribution in [2.75, 3.05) is 11.1 Å². The van der Waals surface area contributed by atoms with Crippen LogP contribution >= 0.6 is 15.9 Å². The zero-order valence-corrected chi connectivity index (χ0v) is 12.3. The van der Waals surface area contributed by atoms with Gasteiger partial charge in [-0.15, -0.1) is 0 Å². The lowest BCUT2D eigenvalue weighted by molar-refractivity contribution is -0.116. The van der Waals surface area contributed by atoms with Crippen molar-refractivity contribution in [3.8, 4) is 0 Å². The maximum atomic E-state index is 11.9. The van der Waals surface area contributed by atoms with E-state index in [1.807, 2.05) is 0 Å². The molecular weight excluding hydrogens is 324 g/mol. The summed E-state index contributed by atoms with van der Waals surface area (Å²) in [6, 6.07) is 6.92.